The van der Waals surface area contributed by atoms with Gasteiger partial charge in [-0.05, 0) is 19.1 Å². The summed E-state index contributed by atoms with van der Waals surface area (Å²) < 4.78 is 1.21. The molecule has 0 saturated carbocycles. The number of nitrogens with zero attached hydrogens (tertiary/aromatic N) is 1. The van der Waals surface area contributed by atoms with Gasteiger partial charge >= 0.3 is 0 Å². The number of thiazole rings is 1. The summed E-state index contributed by atoms with van der Waals surface area (Å²) in [4.78, 5) is 16.4. The maximum atomic E-state index is 11.8. The third-order valence-electron chi connectivity index (χ3n) is 3.36. The topological polar surface area (TPSA) is 54.0 Å². The molecule has 19 heavy (non-hydrogen) atoms. The Balaban J connectivity index is 1.61. The zero-order chi connectivity index (χ0) is 13.2. The normalized spacial score (nSPS) is 17.1. The molecule has 1 aliphatic heterocycles. The van der Waals surface area contributed by atoms with Crippen LogP contribution in [0.3, 0.4) is 0 Å². The molecule has 1 amide bonds. The van der Waals surface area contributed by atoms with Gasteiger partial charge in [0.1, 0.15) is 0 Å². The summed E-state index contributed by atoms with van der Waals surface area (Å²) in [6, 6.07) is 8.27. The van der Waals surface area contributed by atoms with Gasteiger partial charge in [0.2, 0.25) is 5.91 Å². The van der Waals surface area contributed by atoms with E-state index in [1.165, 1.54) is 4.70 Å². The van der Waals surface area contributed by atoms with E-state index in [2.05, 4.69) is 21.7 Å². The third-order valence-corrected chi connectivity index (χ3v) is 4.42. The van der Waals surface area contributed by atoms with Crippen molar-refractivity contribution in [1.29, 1.82) is 0 Å². The molecular weight excluding hydrogens is 258 g/mol. The molecule has 1 atom stereocenters. The molecule has 4 nitrogen and oxygen atoms in total. The van der Waals surface area contributed by atoms with Crippen molar-refractivity contribution in [3.63, 3.8) is 0 Å². The number of fused-ring (bicyclic) bond motifs is 1. The molecule has 1 aromatic carbocycles. The van der Waals surface area contributed by atoms with Crippen LogP contribution in [0, 0.1) is 5.92 Å². The number of para-hydroxylation sites is 1. The van der Waals surface area contributed by atoms with E-state index >= 15 is 0 Å². The van der Waals surface area contributed by atoms with Gasteiger partial charge in [0.05, 0.1) is 21.1 Å². The summed E-state index contributed by atoms with van der Waals surface area (Å²) in [5.41, 5.74) is 1.05. The van der Waals surface area contributed by atoms with E-state index in [-0.39, 0.29) is 17.9 Å². The van der Waals surface area contributed by atoms with E-state index in [9.17, 15) is 4.79 Å². The SMILES string of the molecule is CC(Cc1nc2ccccc2s1)NC(=O)C1CNC1. The molecule has 5 heteroatoms. The number of hydrogen-bond acceptors (Lipinski definition) is 4. The van der Waals surface area contributed by atoms with E-state index in [0.29, 0.717) is 0 Å². The average molecular weight is 275 g/mol. The summed E-state index contributed by atoms with van der Waals surface area (Å²) in [7, 11) is 0. The lowest BCUT2D eigenvalue weighted by Crippen LogP contribution is -2.52. The predicted octanol–water partition coefficient (Wildman–Crippen LogP) is 1.56. The maximum Gasteiger partial charge on any atom is 0.225 e. The van der Waals surface area contributed by atoms with Crippen LogP contribution in [-0.4, -0.2) is 30.0 Å². The first kappa shape index (κ1) is 12.6. The number of carbonyl (C=O) groups excluding carboxylic acids is 1. The molecule has 1 fully saturated rings. The van der Waals surface area contributed by atoms with Gasteiger partial charge in [-0.25, -0.2) is 4.98 Å². The maximum absolute atomic E-state index is 11.8. The van der Waals surface area contributed by atoms with Gasteiger partial charge in [-0.15, -0.1) is 11.3 Å². The van der Waals surface area contributed by atoms with E-state index in [1.54, 1.807) is 11.3 Å². The van der Waals surface area contributed by atoms with Gasteiger partial charge < -0.3 is 10.6 Å². The van der Waals surface area contributed by atoms with Gasteiger partial charge in [-0.1, -0.05) is 12.1 Å². The first-order valence-electron chi connectivity index (χ1n) is 6.58. The first-order chi connectivity index (χ1) is 9.22. The van der Waals surface area contributed by atoms with Gasteiger partial charge in [-0.2, -0.15) is 0 Å². The fourth-order valence-electron chi connectivity index (χ4n) is 2.15. The summed E-state index contributed by atoms with van der Waals surface area (Å²) in [6.45, 7) is 3.65. The molecule has 1 saturated heterocycles. The number of aromatic nitrogens is 1. The van der Waals surface area contributed by atoms with Crippen molar-refractivity contribution in [2.45, 2.75) is 19.4 Å². The molecule has 0 bridgehead atoms. The Morgan fingerprint density at radius 2 is 2.32 bits per heavy atom. The Kier molecular flexibility index (Phi) is 3.48. The van der Waals surface area contributed by atoms with Crippen molar-refractivity contribution in [2.75, 3.05) is 13.1 Å². The number of benzene rings is 1. The van der Waals surface area contributed by atoms with Crippen molar-refractivity contribution in [1.82, 2.24) is 15.6 Å². The zero-order valence-electron chi connectivity index (χ0n) is 10.8. The van der Waals surface area contributed by atoms with Crippen molar-refractivity contribution >= 4 is 27.5 Å². The fourth-order valence-corrected chi connectivity index (χ4v) is 3.25. The van der Waals surface area contributed by atoms with Crippen LogP contribution in [0.25, 0.3) is 10.2 Å². The van der Waals surface area contributed by atoms with Crippen LogP contribution in [0.1, 0.15) is 11.9 Å². The summed E-state index contributed by atoms with van der Waals surface area (Å²) >= 11 is 1.71. The minimum absolute atomic E-state index is 0.133. The molecular formula is C14H17N3OS. The lowest BCUT2D eigenvalue weighted by Gasteiger charge is -2.27. The molecule has 100 valence electrons. The quantitative estimate of drug-likeness (QED) is 0.890. The Labute approximate surface area is 116 Å². The van der Waals surface area contributed by atoms with Crippen LogP contribution < -0.4 is 10.6 Å². The molecule has 0 radical (unpaired) electrons. The molecule has 2 heterocycles. The Morgan fingerprint density at radius 3 is 3.00 bits per heavy atom. The van der Waals surface area contributed by atoms with Gasteiger partial charge in [0.15, 0.2) is 0 Å². The van der Waals surface area contributed by atoms with Crippen LogP contribution >= 0.6 is 11.3 Å². The second-order valence-electron chi connectivity index (χ2n) is 5.04. The highest BCUT2D eigenvalue weighted by Gasteiger charge is 2.25. The van der Waals surface area contributed by atoms with Crippen LogP contribution in [0.15, 0.2) is 24.3 Å². The van der Waals surface area contributed by atoms with Crippen LogP contribution in [0.5, 0.6) is 0 Å². The molecule has 2 aromatic rings. The summed E-state index contributed by atoms with van der Waals surface area (Å²) in [6.07, 6.45) is 0.797. The van der Waals surface area contributed by atoms with Crippen LogP contribution in [0.4, 0.5) is 0 Å². The number of rotatable bonds is 4. The van der Waals surface area contributed by atoms with Crippen molar-refractivity contribution in [3.8, 4) is 0 Å². The van der Waals surface area contributed by atoms with E-state index < -0.39 is 0 Å². The molecule has 1 aliphatic rings. The average Bonchev–Trinajstić information content (AvgIpc) is 2.67. The van der Waals surface area contributed by atoms with Crippen molar-refractivity contribution in [3.05, 3.63) is 29.3 Å². The monoisotopic (exact) mass is 275 g/mol. The third kappa shape index (κ3) is 2.77. The lowest BCUT2D eigenvalue weighted by molar-refractivity contribution is -0.127. The molecule has 0 spiro atoms. The second kappa shape index (κ2) is 5.27. The van der Waals surface area contributed by atoms with Crippen LogP contribution in [-0.2, 0) is 11.2 Å². The minimum Gasteiger partial charge on any atom is -0.353 e. The number of amides is 1. The van der Waals surface area contributed by atoms with E-state index in [1.807, 2.05) is 25.1 Å². The highest BCUT2D eigenvalue weighted by molar-refractivity contribution is 7.18. The van der Waals surface area contributed by atoms with E-state index in [0.717, 1.165) is 30.0 Å². The van der Waals surface area contributed by atoms with E-state index in [4.69, 9.17) is 0 Å². The number of hydrogen-bond donors (Lipinski definition) is 2. The Hall–Kier alpha value is -1.46. The molecule has 0 aliphatic carbocycles. The van der Waals surface area contributed by atoms with Crippen molar-refractivity contribution < 1.29 is 4.79 Å². The highest BCUT2D eigenvalue weighted by atomic mass is 32.1. The first-order valence-corrected chi connectivity index (χ1v) is 7.39. The summed E-state index contributed by atoms with van der Waals surface area (Å²) in [5.74, 6) is 0.310. The molecule has 1 unspecified atom stereocenters. The highest BCUT2D eigenvalue weighted by Crippen LogP contribution is 2.22. The fraction of sp³-hybridized carbons (Fsp3) is 0.429. The Morgan fingerprint density at radius 1 is 1.53 bits per heavy atom. The minimum atomic E-state index is 0.133. The van der Waals surface area contributed by atoms with Gasteiger partial charge in [0.25, 0.3) is 0 Å². The number of nitrogens with one attached hydrogen (secondary N) is 2. The molecule has 2 N–H and O–H groups in total. The predicted molar refractivity (Wildman–Crippen MR) is 77.3 cm³/mol. The van der Waals surface area contributed by atoms with Crippen LogP contribution in [0.2, 0.25) is 0 Å². The van der Waals surface area contributed by atoms with Gasteiger partial charge in [0, 0.05) is 25.6 Å². The van der Waals surface area contributed by atoms with Crippen molar-refractivity contribution in [2.24, 2.45) is 5.92 Å². The second-order valence-corrected chi connectivity index (χ2v) is 6.16. The largest absolute Gasteiger partial charge is 0.353 e. The molecule has 3 rings (SSSR count). The molecule has 1 aromatic heterocycles. The number of carbonyl (C=O) groups is 1. The summed E-state index contributed by atoms with van der Waals surface area (Å²) in [5, 5.41) is 7.26. The standard InChI is InChI=1S/C14H17N3OS/c1-9(16-14(18)10-7-15-8-10)6-13-17-11-4-2-3-5-12(11)19-13/h2-5,9-10,15H,6-8H2,1H3,(H,16,18). The zero-order valence-corrected chi connectivity index (χ0v) is 11.7. The Bertz CT molecular complexity index is 558. The smallest absolute Gasteiger partial charge is 0.225 e. The lowest BCUT2D eigenvalue weighted by atomic mass is 10.0. The van der Waals surface area contributed by atoms with Gasteiger partial charge in [-0.3, -0.25) is 4.79 Å².